The van der Waals surface area contributed by atoms with Gasteiger partial charge < -0.3 is 4.13 Å². The lowest BCUT2D eigenvalue weighted by Crippen LogP contribution is -2.37. The number of rotatable bonds is 8. The number of sulfonamides is 2. The third kappa shape index (κ3) is 8.42. The van der Waals surface area contributed by atoms with E-state index in [1.54, 1.807) is 0 Å². The number of hydrogen-bond acceptors (Lipinski definition) is 7. The standard InChI is InChI=1S/C10H27N3P.C2F6NO4S2/c1-8-9-10-14(11(2)3,12(4)5)13(6)7;3-1(4,5)14(10,11)9-15(12,13)2(6,7)8/h8-10H2,1-7H3;/q+1;-1. The average Bonchev–Trinajstić information content (AvgIpc) is 2.44. The van der Waals surface area contributed by atoms with Gasteiger partial charge in [-0.05, 0) is 6.42 Å². The summed E-state index contributed by atoms with van der Waals surface area (Å²) >= 11 is 0. The lowest BCUT2D eigenvalue weighted by Gasteiger charge is -2.40. The van der Waals surface area contributed by atoms with Gasteiger partial charge in [-0.15, -0.1) is 0 Å². The second-order valence-corrected chi connectivity index (χ2v) is 13.9. The van der Waals surface area contributed by atoms with Gasteiger partial charge in [-0.1, -0.05) is 13.3 Å². The van der Waals surface area contributed by atoms with Crippen LogP contribution in [-0.4, -0.2) is 90.3 Å². The quantitative estimate of drug-likeness (QED) is 0.373. The Hall–Kier alpha value is -0.250. The van der Waals surface area contributed by atoms with Crippen LogP contribution in [0.1, 0.15) is 19.8 Å². The van der Waals surface area contributed by atoms with Crippen LogP contribution in [0, 0.1) is 0 Å². The highest BCUT2D eigenvalue weighted by Gasteiger charge is 2.47. The molecule has 0 saturated heterocycles. The highest BCUT2D eigenvalue weighted by Crippen LogP contribution is 2.63. The molecule has 0 bridgehead atoms. The summed E-state index contributed by atoms with van der Waals surface area (Å²) in [5.74, 6) is 0. The molecule has 29 heavy (non-hydrogen) atoms. The van der Waals surface area contributed by atoms with Gasteiger partial charge in [-0.25, -0.2) is 16.8 Å². The number of hydrogen-bond donors (Lipinski definition) is 0. The summed E-state index contributed by atoms with van der Waals surface area (Å²) in [6.07, 6.45) is 3.87. The average molecular weight is 500 g/mol. The Labute approximate surface area is 168 Å². The Morgan fingerprint density at radius 2 is 1.00 bits per heavy atom. The van der Waals surface area contributed by atoms with Crippen molar-refractivity contribution in [2.24, 2.45) is 0 Å². The smallest absolute Gasteiger partial charge is 0.421 e. The first-order valence-corrected chi connectivity index (χ1v) is 12.6. The molecule has 0 aliphatic carbocycles. The lowest BCUT2D eigenvalue weighted by molar-refractivity contribution is -0.0444. The summed E-state index contributed by atoms with van der Waals surface area (Å²) in [4.78, 5) is 0. The van der Waals surface area contributed by atoms with Crippen LogP contribution in [0.25, 0.3) is 4.13 Å². The molecule has 17 heteroatoms. The molecular weight excluding hydrogens is 473 g/mol. The second kappa shape index (κ2) is 10.9. The summed E-state index contributed by atoms with van der Waals surface area (Å²) in [6.45, 7) is 2.26. The highest BCUT2D eigenvalue weighted by atomic mass is 32.3. The molecule has 0 heterocycles. The third-order valence-corrected chi connectivity index (χ3v) is 11.0. The maximum absolute atomic E-state index is 11.4. The number of nitrogens with zero attached hydrogens (tertiary/aromatic N) is 4. The lowest BCUT2D eigenvalue weighted by atomic mass is 10.4. The first-order chi connectivity index (χ1) is 12.6. The summed E-state index contributed by atoms with van der Waals surface area (Å²) in [5.41, 5.74) is -12.4. The predicted molar refractivity (Wildman–Crippen MR) is 101 cm³/mol. The van der Waals surface area contributed by atoms with Crippen molar-refractivity contribution < 1.29 is 43.2 Å². The first-order valence-electron chi connectivity index (χ1n) is 7.88. The Kier molecular flexibility index (Phi) is 11.6. The zero-order valence-electron chi connectivity index (χ0n) is 17.1. The fourth-order valence-corrected chi connectivity index (χ4v) is 8.05. The van der Waals surface area contributed by atoms with Crippen molar-refractivity contribution in [2.45, 2.75) is 30.8 Å². The van der Waals surface area contributed by atoms with Crippen molar-refractivity contribution in [2.75, 3.05) is 48.4 Å². The first kappa shape index (κ1) is 30.9. The Bertz CT molecular complexity index is 645. The molecule has 0 N–H and O–H groups in total. The van der Waals surface area contributed by atoms with Gasteiger partial charge in [-0.3, -0.25) is 0 Å². The van der Waals surface area contributed by atoms with E-state index < -0.39 is 38.8 Å². The van der Waals surface area contributed by atoms with Gasteiger partial charge in [-0.2, -0.15) is 40.4 Å². The topological polar surface area (TPSA) is 92.1 Å². The minimum atomic E-state index is -6.72. The maximum atomic E-state index is 11.4. The van der Waals surface area contributed by atoms with Gasteiger partial charge in [0.1, 0.15) is 6.16 Å². The van der Waals surface area contributed by atoms with Crippen molar-refractivity contribution >= 4 is 27.8 Å². The molecule has 0 unspecified atom stereocenters. The molecule has 0 rings (SSSR count). The summed E-state index contributed by atoms with van der Waals surface area (Å²) in [5, 5.41) is 0. The van der Waals surface area contributed by atoms with E-state index in [1.165, 1.54) is 19.0 Å². The molecule has 0 aromatic carbocycles. The zero-order chi connectivity index (χ0) is 24.1. The minimum Gasteiger partial charge on any atom is -0.421 e. The van der Waals surface area contributed by atoms with Gasteiger partial charge in [0.2, 0.25) is 7.71 Å². The van der Waals surface area contributed by atoms with Crippen LogP contribution < -0.4 is 0 Å². The highest BCUT2D eigenvalue weighted by molar-refractivity contribution is 8.13. The molecule has 0 amide bonds. The van der Waals surface area contributed by atoms with Crippen molar-refractivity contribution in [1.82, 2.24) is 14.0 Å². The SMILES string of the molecule is CCCC[P+](N(C)C)(N(C)C)N(C)C.O=S(=O)([N-]S(=O)(=O)C(F)(F)F)C(F)(F)F. The molecule has 0 atom stereocenters. The number of alkyl halides is 6. The van der Waals surface area contributed by atoms with Crippen LogP contribution in [0.15, 0.2) is 0 Å². The molecule has 0 aliphatic rings. The molecule has 0 aliphatic heterocycles. The third-order valence-electron chi connectivity index (χ3n) is 3.51. The van der Waals surface area contributed by atoms with Crippen molar-refractivity contribution in [3.8, 4) is 0 Å². The molecule has 8 nitrogen and oxygen atoms in total. The van der Waals surface area contributed by atoms with Crippen LogP contribution in [0.4, 0.5) is 26.3 Å². The Balaban J connectivity index is 0. The van der Waals surface area contributed by atoms with Gasteiger partial charge in [0.25, 0.3) is 0 Å². The van der Waals surface area contributed by atoms with Crippen LogP contribution >= 0.6 is 7.71 Å². The van der Waals surface area contributed by atoms with Crippen molar-refractivity contribution in [1.29, 1.82) is 0 Å². The van der Waals surface area contributed by atoms with E-state index in [0.717, 1.165) is 4.13 Å². The maximum Gasteiger partial charge on any atom is 0.480 e. The van der Waals surface area contributed by atoms with Crippen molar-refractivity contribution in [3.05, 3.63) is 4.13 Å². The number of halogens is 6. The summed E-state index contributed by atoms with van der Waals surface area (Å²) < 4.78 is 116. The fourth-order valence-electron chi connectivity index (χ4n) is 2.26. The van der Waals surface area contributed by atoms with E-state index in [0.29, 0.717) is 0 Å². The molecule has 178 valence electrons. The van der Waals surface area contributed by atoms with Gasteiger partial charge in [0.15, 0.2) is 20.0 Å². The molecule has 0 aromatic heterocycles. The minimum absolute atomic E-state index is 0.778. The van der Waals surface area contributed by atoms with E-state index in [2.05, 4.69) is 63.2 Å². The van der Waals surface area contributed by atoms with Gasteiger partial charge in [0, 0.05) is 42.3 Å². The van der Waals surface area contributed by atoms with E-state index >= 15 is 0 Å². The molecule has 0 spiro atoms. The predicted octanol–water partition coefficient (Wildman–Crippen LogP) is 3.29. The van der Waals surface area contributed by atoms with E-state index in [4.69, 9.17) is 0 Å². The fraction of sp³-hybridized carbons (Fsp3) is 1.00. The second-order valence-electron chi connectivity index (χ2n) is 6.23. The normalized spacial score (nSPS) is 14.3. The summed E-state index contributed by atoms with van der Waals surface area (Å²) in [6, 6.07) is 0. The number of unbranched alkanes of at least 4 members (excludes halogenated alkanes) is 1. The largest absolute Gasteiger partial charge is 0.480 e. The van der Waals surface area contributed by atoms with Crippen LogP contribution in [0.5, 0.6) is 0 Å². The van der Waals surface area contributed by atoms with Crippen LogP contribution in [0.2, 0.25) is 0 Å². The molecule has 0 radical (unpaired) electrons. The van der Waals surface area contributed by atoms with Crippen molar-refractivity contribution in [3.63, 3.8) is 0 Å². The zero-order valence-corrected chi connectivity index (χ0v) is 19.6. The van der Waals surface area contributed by atoms with Gasteiger partial charge >= 0.3 is 11.0 Å². The monoisotopic (exact) mass is 500 g/mol. The molecular formula is C12H27F6N4O4PS2. The summed E-state index contributed by atoms with van der Waals surface area (Å²) in [7, 11) is -1.48. The molecule has 0 saturated carbocycles. The Morgan fingerprint density at radius 1 is 0.724 bits per heavy atom. The van der Waals surface area contributed by atoms with E-state index in [-0.39, 0.29) is 0 Å². The molecule has 0 fully saturated rings. The molecule has 0 aromatic rings. The van der Waals surface area contributed by atoms with Crippen LogP contribution in [0.3, 0.4) is 0 Å². The van der Waals surface area contributed by atoms with E-state index in [9.17, 15) is 43.2 Å². The van der Waals surface area contributed by atoms with Crippen LogP contribution in [-0.2, 0) is 20.0 Å². The van der Waals surface area contributed by atoms with E-state index in [1.807, 2.05) is 0 Å². The Morgan fingerprint density at radius 3 is 1.17 bits per heavy atom. The van der Waals surface area contributed by atoms with Gasteiger partial charge in [0.05, 0.1) is 0 Å².